The van der Waals surface area contributed by atoms with Crippen molar-refractivity contribution in [2.24, 2.45) is 0 Å². The Morgan fingerprint density at radius 2 is 1.81 bits per heavy atom. The molecule has 0 aliphatic carbocycles. The molecular formula is C19H19N5O3. The van der Waals surface area contributed by atoms with E-state index in [0.29, 0.717) is 30.2 Å². The van der Waals surface area contributed by atoms with E-state index in [0.717, 1.165) is 11.1 Å². The highest BCUT2D eigenvalue weighted by molar-refractivity contribution is 5.93. The Kier molecular flexibility index (Phi) is 5.88. The van der Waals surface area contributed by atoms with E-state index >= 15 is 0 Å². The number of hydrogen-bond donors (Lipinski definition) is 2. The number of rotatable bonds is 7. The maximum absolute atomic E-state index is 12.0. The van der Waals surface area contributed by atoms with Crippen molar-refractivity contribution in [3.63, 3.8) is 0 Å². The summed E-state index contributed by atoms with van der Waals surface area (Å²) in [6.07, 6.45) is 3.91. The van der Waals surface area contributed by atoms with Crippen LogP contribution in [0.3, 0.4) is 0 Å². The topological polar surface area (TPSA) is 110 Å². The largest absolute Gasteiger partial charge is 0.355 e. The van der Waals surface area contributed by atoms with E-state index < -0.39 is 0 Å². The molecule has 2 N–H and O–H groups in total. The fourth-order valence-electron chi connectivity index (χ4n) is 2.40. The van der Waals surface area contributed by atoms with Gasteiger partial charge in [-0.3, -0.25) is 14.6 Å². The van der Waals surface area contributed by atoms with Gasteiger partial charge in [0.25, 0.3) is 5.91 Å². The zero-order valence-electron chi connectivity index (χ0n) is 14.8. The van der Waals surface area contributed by atoms with Gasteiger partial charge in [-0.15, -0.1) is 0 Å². The quantitative estimate of drug-likeness (QED) is 0.660. The van der Waals surface area contributed by atoms with Crippen LogP contribution in [0.5, 0.6) is 0 Å². The number of amides is 2. The van der Waals surface area contributed by atoms with Gasteiger partial charge < -0.3 is 15.2 Å². The lowest BCUT2D eigenvalue weighted by Gasteiger charge is -2.05. The van der Waals surface area contributed by atoms with Crippen molar-refractivity contribution in [1.82, 2.24) is 25.8 Å². The molecule has 27 heavy (non-hydrogen) atoms. The minimum Gasteiger partial charge on any atom is -0.355 e. The first-order valence-electron chi connectivity index (χ1n) is 8.46. The maximum Gasteiger partial charge on any atom is 0.251 e. The van der Waals surface area contributed by atoms with Crippen LogP contribution in [-0.2, 0) is 17.8 Å². The SMILES string of the molecule is CNC(=O)c1ccc(CNC(=O)CCc2nc(-c3ccncc3)no2)cc1. The molecule has 2 amide bonds. The van der Waals surface area contributed by atoms with Gasteiger partial charge in [-0.2, -0.15) is 4.98 Å². The number of hydrogen-bond acceptors (Lipinski definition) is 6. The molecule has 0 fully saturated rings. The van der Waals surface area contributed by atoms with Gasteiger partial charge in [-0.05, 0) is 29.8 Å². The molecule has 0 spiro atoms. The number of benzene rings is 1. The van der Waals surface area contributed by atoms with Crippen molar-refractivity contribution in [3.05, 3.63) is 65.8 Å². The summed E-state index contributed by atoms with van der Waals surface area (Å²) >= 11 is 0. The van der Waals surface area contributed by atoms with E-state index in [-0.39, 0.29) is 18.2 Å². The molecule has 0 aliphatic rings. The third-order valence-electron chi connectivity index (χ3n) is 3.91. The highest BCUT2D eigenvalue weighted by Crippen LogP contribution is 2.14. The molecule has 1 aromatic carbocycles. The van der Waals surface area contributed by atoms with Gasteiger partial charge in [-0.25, -0.2) is 0 Å². The molecular weight excluding hydrogens is 346 g/mol. The lowest BCUT2D eigenvalue weighted by atomic mass is 10.1. The monoisotopic (exact) mass is 365 g/mol. The van der Waals surface area contributed by atoms with E-state index in [2.05, 4.69) is 25.8 Å². The Morgan fingerprint density at radius 3 is 2.52 bits per heavy atom. The van der Waals surface area contributed by atoms with Crippen LogP contribution in [0.25, 0.3) is 11.4 Å². The van der Waals surface area contributed by atoms with Crippen LogP contribution >= 0.6 is 0 Å². The van der Waals surface area contributed by atoms with Crippen molar-refractivity contribution in [2.75, 3.05) is 7.05 Å². The minimum absolute atomic E-state index is 0.117. The molecule has 8 nitrogen and oxygen atoms in total. The summed E-state index contributed by atoms with van der Waals surface area (Å²) < 4.78 is 5.18. The summed E-state index contributed by atoms with van der Waals surface area (Å²) in [6, 6.07) is 10.6. The Balaban J connectivity index is 1.46. The average molecular weight is 365 g/mol. The van der Waals surface area contributed by atoms with Crippen molar-refractivity contribution in [1.29, 1.82) is 0 Å². The van der Waals surface area contributed by atoms with E-state index in [4.69, 9.17) is 4.52 Å². The third kappa shape index (κ3) is 4.97. The van der Waals surface area contributed by atoms with Crippen LogP contribution in [0, 0.1) is 0 Å². The number of nitrogens with one attached hydrogen (secondary N) is 2. The molecule has 2 heterocycles. The van der Waals surface area contributed by atoms with Crippen molar-refractivity contribution < 1.29 is 14.1 Å². The second-order valence-corrected chi connectivity index (χ2v) is 5.80. The van der Waals surface area contributed by atoms with E-state index in [1.165, 1.54) is 0 Å². The summed E-state index contributed by atoms with van der Waals surface area (Å²) in [4.78, 5) is 31.7. The normalized spacial score (nSPS) is 10.4. The Labute approximate surface area is 156 Å². The number of pyridine rings is 1. The second kappa shape index (κ2) is 8.70. The molecule has 0 saturated heterocycles. The summed E-state index contributed by atoms with van der Waals surface area (Å²) in [5, 5.41) is 9.31. The number of aryl methyl sites for hydroxylation is 1. The first-order chi connectivity index (χ1) is 13.2. The summed E-state index contributed by atoms with van der Waals surface area (Å²) in [5.74, 6) is 0.626. The number of aromatic nitrogens is 3. The molecule has 138 valence electrons. The zero-order valence-corrected chi connectivity index (χ0v) is 14.8. The molecule has 2 aromatic heterocycles. The van der Waals surface area contributed by atoms with Crippen LogP contribution in [0.4, 0.5) is 0 Å². The third-order valence-corrected chi connectivity index (χ3v) is 3.91. The number of nitrogens with zero attached hydrogens (tertiary/aromatic N) is 3. The van der Waals surface area contributed by atoms with Gasteiger partial charge in [-0.1, -0.05) is 17.3 Å². The molecule has 0 atom stereocenters. The Hall–Kier alpha value is -3.55. The first kappa shape index (κ1) is 18.2. The Morgan fingerprint density at radius 1 is 1.07 bits per heavy atom. The van der Waals surface area contributed by atoms with Gasteiger partial charge in [0.2, 0.25) is 17.6 Å². The van der Waals surface area contributed by atoms with Crippen LogP contribution in [0.15, 0.2) is 53.3 Å². The molecule has 0 unspecified atom stereocenters. The number of carbonyl (C=O) groups excluding carboxylic acids is 2. The molecule has 0 saturated carbocycles. The van der Waals surface area contributed by atoms with Crippen molar-refractivity contribution >= 4 is 11.8 Å². The second-order valence-electron chi connectivity index (χ2n) is 5.80. The van der Waals surface area contributed by atoms with Gasteiger partial charge in [0.05, 0.1) is 0 Å². The zero-order chi connectivity index (χ0) is 19.1. The summed E-state index contributed by atoms with van der Waals surface area (Å²) in [5.41, 5.74) is 2.30. The highest BCUT2D eigenvalue weighted by atomic mass is 16.5. The van der Waals surface area contributed by atoms with Crippen LogP contribution in [0.2, 0.25) is 0 Å². The van der Waals surface area contributed by atoms with Crippen molar-refractivity contribution in [2.45, 2.75) is 19.4 Å². The molecule has 0 aliphatic heterocycles. The van der Waals surface area contributed by atoms with E-state index in [9.17, 15) is 9.59 Å². The predicted octanol–water partition coefficient (Wildman–Crippen LogP) is 1.74. The summed E-state index contributed by atoms with van der Waals surface area (Å²) in [7, 11) is 1.58. The van der Waals surface area contributed by atoms with E-state index in [1.54, 1.807) is 43.7 Å². The van der Waals surface area contributed by atoms with Crippen LogP contribution in [-0.4, -0.2) is 34.0 Å². The van der Waals surface area contributed by atoms with Gasteiger partial charge in [0, 0.05) is 50.0 Å². The Bertz CT molecular complexity index is 907. The lowest BCUT2D eigenvalue weighted by molar-refractivity contribution is -0.121. The fourth-order valence-corrected chi connectivity index (χ4v) is 2.40. The van der Waals surface area contributed by atoms with Crippen LogP contribution < -0.4 is 10.6 Å². The predicted molar refractivity (Wildman–Crippen MR) is 97.5 cm³/mol. The molecule has 0 bridgehead atoms. The molecule has 3 rings (SSSR count). The fraction of sp³-hybridized carbons (Fsp3) is 0.211. The van der Waals surface area contributed by atoms with Gasteiger partial charge in [0.15, 0.2) is 0 Å². The summed E-state index contributed by atoms with van der Waals surface area (Å²) in [6.45, 7) is 0.388. The smallest absolute Gasteiger partial charge is 0.251 e. The maximum atomic E-state index is 12.0. The highest BCUT2D eigenvalue weighted by Gasteiger charge is 2.10. The van der Waals surface area contributed by atoms with Gasteiger partial charge >= 0.3 is 0 Å². The van der Waals surface area contributed by atoms with Crippen LogP contribution in [0.1, 0.15) is 28.2 Å². The first-order valence-corrected chi connectivity index (χ1v) is 8.46. The van der Waals surface area contributed by atoms with Gasteiger partial charge in [0.1, 0.15) is 0 Å². The minimum atomic E-state index is -0.142. The standard InChI is InChI=1S/C19H19N5O3/c1-20-19(26)15-4-2-13(3-5-15)12-22-16(25)6-7-17-23-18(24-27-17)14-8-10-21-11-9-14/h2-5,8-11H,6-7,12H2,1H3,(H,20,26)(H,22,25). The lowest BCUT2D eigenvalue weighted by Crippen LogP contribution is -2.23. The van der Waals surface area contributed by atoms with Crippen molar-refractivity contribution in [3.8, 4) is 11.4 Å². The average Bonchev–Trinajstić information content (AvgIpc) is 3.20. The number of carbonyl (C=O) groups is 2. The molecule has 3 aromatic rings. The van der Waals surface area contributed by atoms with E-state index in [1.807, 2.05) is 12.1 Å². The molecule has 0 radical (unpaired) electrons. The molecule has 8 heteroatoms.